The smallest absolute Gasteiger partial charge is 0.182 e. The molecular formula is C12H17N5. The van der Waals surface area contributed by atoms with E-state index >= 15 is 0 Å². The van der Waals surface area contributed by atoms with Gasteiger partial charge in [0.25, 0.3) is 0 Å². The molecule has 0 aliphatic rings. The third kappa shape index (κ3) is 2.43. The zero-order valence-electron chi connectivity index (χ0n) is 10.4. The predicted molar refractivity (Wildman–Crippen MR) is 67.2 cm³/mol. The Labute approximate surface area is 101 Å². The second-order valence-corrected chi connectivity index (χ2v) is 4.65. The molecule has 0 radical (unpaired) electrons. The van der Waals surface area contributed by atoms with Crippen LogP contribution in [0.5, 0.6) is 0 Å². The second kappa shape index (κ2) is 4.53. The first-order valence-electron chi connectivity index (χ1n) is 5.70. The summed E-state index contributed by atoms with van der Waals surface area (Å²) >= 11 is 0. The molecule has 1 heterocycles. The molecule has 1 aromatic heterocycles. The van der Waals surface area contributed by atoms with Crippen molar-refractivity contribution in [2.24, 2.45) is 5.92 Å². The first kappa shape index (κ1) is 11.6. The Kier molecular flexibility index (Phi) is 3.08. The van der Waals surface area contributed by atoms with Gasteiger partial charge < -0.3 is 5.73 Å². The average Bonchev–Trinajstić information content (AvgIpc) is 2.65. The molecule has 5 nitrogen and oxygen atoms in total. The van der Waals surface area contributed by atoms with Crippen LogP contribution in [0.3, 0.4) is 0 Å². The molecule has 1 aromatic carbocycles. The van der Waals surface area contributed by atoms with E-state index in [0.29, 0.717) is 5.92 Å². The van der Waals surface area contributed by atoms with E-state index in [1.54, 1.807) is 0 Å². The molecule has 0 spiro atoms. The maximum absolute atomic E-state index is 5.74. The van der Waals surface area contributed by atoms with Crippen LogP contribution in [0.1, 0.15) is 19.4 Å². The van der Waals surface area contributed by atoms with E-state index in [1.165, 1.54) is 0 Å². The van der Waals surface area contributed by atoms with Gasteiger partial charge in [0, 0.05) is 17.8 Å². The number of tetrazole rings is 1. The van der Waals surface area contributed by atoms with Crippen LogP contribution in [0, 0.1) is 12.8 Å². The Balaban J connectivity index is 2.42. The van der Waals surface area contributed by atoms with Crippen molar-refractivity contribution in [1.29, 1.82) is 0 Å². The number of aryl methyl sites for hydroxylation is 1. The number of hydrogen-bond acceptors (Lipinski definition) is 4. The van der Waals surface area contributed by atoms with Gasteiger partial charge in [-0.1, -0.05) is 13.8 Å². The van der Waals surface area contributed by atoms with Gasteiger partial charge >= 0.3 is 0 Å². The van der Waals surface area contributed by atoms with Crippen molar-refractivity contribution in [1.82, 2.24) is 20.2 Å². The fourth-order valence-corrected chi connectivity index (χ4v) is 1.80. The molecule has 0 saturated carbocycles. The van der Waals surface area contributed by atoms with Gasteiger partial charge in [0.1, 0.15) is 0 Å². The maximum atomic E-state index is 5.74. The number of hydrogen-bond donors (Lipinski definition) is 1. The Hall–Kier alpha value is -1.91. The molecule has 0 atom stereocenters. The van der Waals surface area contributed by atoms with Crippen LogP contribution in [0.15, 0.2) is 18.2 Å². The molecule has 5 heteroatoms. The summed E-state index contributed by atoms with van der Waals surface area (Å²) in [6.07, 6.45) is 0. The van der Waals surface area contributed by atoms with Crippen molar-refractivity contribution in [3.63, 3.8) is 0 Å². The van der Waals surface area contributed by atoms with Crippen LogP contribution in [0.4, 0.5) is 5.69 Å². The lowest BCUT2D eigenvalue weighted by Crippen LogP contribution is -2.08. The van der Waals surface area contributed by atoms with Crippen molar-refractivity contribution in [3.05, 3.63) is 23.8 Å². The van der Waals surface area contributed by atoms with Crippen molar-refractivity contribution < 1.29 is 0 Å². The third-order valence-electron chi connectivity index (χ3n) is 2.56. The lowest BCUT2D eigenvalue weighted by molar-refractivity contribution is 0.475. The first-order valence-corrected chi connectivity index (χ1v) is 5.70. The van der Waals surface area contributed by atoms with E-state index in [2.05, 4.69) is 29.4 Å². The summed E-state index contributed by atoms with van der Waals surface area (Å²) in [4.78, 5) is 0. The minimum Gasteiger partial charge on any atom is -0.399 e. The van der Waals surface area contributed by atoms with Crippen LogP contribution in [-0.2, 0) is 6.54 Å². The van der Waals surface area contributed by atoms with E-state index in [-0.39, 0.29) is 0 Å². The summed E-state index contributed by atoms with van der Waals surface area (Å²) < 4.78 is 1.84. The zero-order valence-corrected chi connectivity index (χ0v) is 10.4. The van der Waals surface area contributed by atoms with Crippen molar-refractivity contribution >= 4 is 5.69 Å². The minimum absolute atomic E-state index is 0.506. The first-order chi connectivity index (χ1) is 8.08. The minimum atomic E-state index is 0.506. The van der Waals surface area contributed by atoms with Gasteiger partial charge in [-0.05, 0) is 47.0 Å². The summed E-state index contributed by atoms with van der Waals surface area (Å²) in [5.74, 6) is 1.31. The quantitative estimate of drug-likeness (QED) is 0.819. The van der Waals surface area contributed by atoms with Gasteiger partial charge in [-0.2, -0.15) is 0 Å². The lowest BCUT2D eigenvalue weighted by atomic mass is 10.1. The molecular weight excluding hydrogens is 214 g/mol. The van der Waals surface area contributed by atoms with Gasteiger partial charge in [-0.3, -0.25) is 0 Å². The number of nitrogens with zero attached hydrogens (tertiary/aromatic N) is 4. The molecule has 0 aliphatic carbocycles. The topological polar surface area (TPSA) is 69.6 Å². The van der Waals surface area contributed by atoms with E-state index in [4.69, 9.17) is 5.73 Å². The van der Waals surface area contributed by atoms with Crippen LogP contribution in [0.2, 0.25) is 0 Å². The third-order valence-corrected chi connectivity index (χ3v) is 2.56. The highest BCUT2D eigenvalue weighted by Gasteiger charge is 2.12. The number of aromatic nitrogens is 4. The van der Waals surface area contributed by atoms with E-state index in [1.807, 2.05) is 29.8 Å². The van der Waals surface area contributed by atoms with Crippen LogP contribution in [-0.4, -0.2) is 20.2 Å². The molecule has 2 N–H and O–H groups in total. The maximum Gasteiger partial charge on any atom is 0.182 e. The van der Waals surface area contributed by atoms with Crippen LogP contribution >= 0.6 is 0 Å². The van der Waals surface area contributed by atoms with Crippen molar-refractivity contribution in [2.75, 3.05) is 5.73 Å². The highest BCUT2D eigenvalue weighted by molar-refractivity contribution is 5.63. The highest BCUT2D eigenvalue weighted by atomic mass is 15.5. The average molecular weight is 231 g/mol. The SMILES string of the molecule is Cc1cc(N)ccc1-c1nnnn1CC(C)C. The van der Waals surface area contributed by atoms with Gasteiger partial charge in [0.05, 0.1) is 0 Å². The van der Waals surface area contributed by atoms with Gasteiger partial charge in [0.15, 0.2) is 5.82 Å². The highest BCUT2D eigenvalue weighted by Crippen LogP contribution is 2.22. The Bertz CT molecular complexity index is 515. The Morgan fingerprint density at radius 3 is 2.76 bits per heavy atom. The summed E-state index contributed by atoms with van der Waals surface area (Å²) in [5.41, 5.74) is 8.62. The summed E-state index contributed by atoms with van der Waals surface area (Å²) in [7, 11) is 0. The molecule has 0 amide bonds. The van der Waals surface area contributed by atoms with E-state index < -0.39 is 0 Å². The molecule has 0 aliphatic heterocycles. The predicted octanol–water partition coefficient (Wildman–Crippen LogP) is 1.89. The molecule has 2 aromatic rings. The normalized spacial score (nSPS) is 11.1. The van der Waals surface area contributed by atoms with E-state index in [9.17, 15) is 0 Å². The summed E-state index contributed by atoms with van der Waals surface area (Å²) in [6, 6.07) is 5.77. The van der Waals surface area contributed by atoms with Crippen LogP contribution in [0.25, 0.3) is 11.4 Å². The van der Waals surface area contributed by atoms with Gasteiger partial charge in [-0.15, -0.1) is 5.10 Å². The number of rotatable bonds is 3. The molecule has 0 unspecified atom stereocenters. The van der Waals surface area contributed by atoms with Crippen LogP contribution < -0.4 is 5.73 Å². The largest absolute Gasteiger partial charge is 0.399 e. The van der Waals surface area contributed by atoms with Crippen molar-refractivity contribution in [3.8, 4) is 11.4 Å². The zero-order chi connectivity index (χ0) is 12.4. The second-order valence-electron chi connectivity index (χ2n) is 4.65. The van der Waals surface area contributed by atoms with Gasteiger partial charge in [0.2, 0.25) is 0 Å². The Morgan fingerprint density at radius 2 is 2.12 bits per heavy atom. The number of nitrogens with two attached hydrogens (primary N) is 1. The monoisotopic (exact) mass is 231 g/mol. The molecule has 17 heavy (non-hydrogen) atoms. The standard InChI is InChI=1S/C12H17N5/c1-8(2)7-17-12(14-15-16-17)11-5-4-10(13)6-9(11)3/h4-6,8H,7,13H2,1-3H3. The molecule has 0 saturated heterocycles. The molecule has 0 bridgehead atoms. The summed E-state index contributed by atoms with van der Waals surface area (Å²) in [5, 5.41) is 11.9. The van der Waals surface area contributed by atoms with E-state index in [0.717, 1.165) is 29.2 Å². The number of benzene rings is 1. The molecule has 90 valence electrons. The molecule has 2 rings (SSSR count). The fraction of sp³-hybridized carbons (Fsp3) is 0.417. The lowest BCUT2D eigenvalue weighted by Gasteiger charge is -2.09. The number of anilines is 1. The van der Waals surface area contributed by atoms with Crippen molar-refractivity contribution in [2.45, 2.75) is 27.3 Å². The van der Waals surface area contributed by atoms with Gasteiger partial charge in [-0.25, -0.2) is 4.68 Å². The number of nitrogen functional groups attached to an aromatic ring is 1. The summed E-state index contributed by atoms with van der Waals surface area (Å²) in [6.45, 7) is 7.11. The fourth-order valence-electron chi connectivity index (χ4n) is 1.80. The Morgan fingerprint density at radius 1 is 1.35 bits per heavy atom. The molecule has 0 fully saturated rings.